The number of benzene rings is 1. The molecule has 0 radical (unpaired) electrons. The molecule has 4 N–H and O–H groups in total. The molecule has 1 aliphatic rings. The van der Waals surface area contributed by atoms with E-state index in [1.807, 2.05) is 13.0 Å². The first-order valence-electron chi connectivity index (χ1n) is 5.35. The second kappa shape index (κ2) is 4.61. The lowest BCUT2D eigenvalue weighted by Gasteiger charge is -2.07. The van der Waals surface area contributed by atoms with Gasteiger partial charge in [0.2, 0.25) is 0 Å². The van der Waals surface area contributed by atoms with Gasteiger partial charge in [0.15, 0.2) is 5.96 Å². The summed E-state index contributed by atoms with van der Waals surface area (Å²) in [6.45, 7) is 3.86. The van der Waals surface area contributed by atoms with Gasteiger partial charge in [-0.25, -0.2) is 4.99 Å². The summed E-state index contributed by atoms with van der Waals surface area (Å²) in [6.07, 6.45) is 0.852. The number of nitrogen functional groups attached to an aromatic ring is 1. The molecule has 1 aromatic carbocycles. The Morgan fingerprint density at radius 1 is 1.38 bits per heavy atom. The smallest absolute Gasteiger partial charge is 0.196 e. The van der Waals surface area contributed by atoms with Crippen molar-refractivity contribution in [1.82, 2.24) is 10.6 Å². The van der Waals surface area contributed by atoms with Gasteiger partial charge in [0.05, 0.1) is 16.4 Å². The van der Waals surface area contributed by atoms with E-state index in [0.717, 1.165) is 36.7 Å². The standard InChI is InChI=1S/C11H15ClN4/c1-2-7-5-8(6-9(12)10(7)13)16-11-14-3-4-15-11/h5-6H,2-4,13H2,1H3,(H2,14,15,16). The minimum atomic E-state index is 0.566. The second-order valence-corrected chi connectivity index (χ2v) is 4.08. The molecule has 0 aliphatic carbocycles. The number of nitrogens with one attached hydrogen (secondary N) is 2. The van der Waals surface area contributed by atoms with Gasteiger partial charge in [-0.1, -0.05) is 18.5 Å². The summed E-state index contributed by atoms with van der Waals surface area (Å²) in [5.41, 5.74) is 8.37. The van der Waals surface area contributed by atoms with Crippen LogP contribution in [0.3, 0.4) is 0 Å². The third kappa shape index (κ3) is 2.22. The lowest BCUT2D eigenvalue weighted by Crippen LogP contribution is -2.23. The van der Waals surface area contributed by atoms with Gasteiger partial charge in [-0.3, -0.25) is 0 Å². The zero-order chi connectivity index (χ0) is 11.5. The fraction of sp³-hybridized carbons (Fsp3) is 0.364. The van der Waals surface area contributed by atoms with E-state index in [1.165, 1.54) is 0 Å². The first-order valence-corrected chi connectivity index (χ1v) is 5.73. The number of anilines is 1. The van der Waals surface area contributed by atoms with Crippen molar-refractivity contribution in [2.75, 3.05) is 18.8 Å². The fourth-order valence-electron chi connectivity index (χ4n) is 1.65. The Morgan fingerprint density at radius 3 is 2.69 bits per heavy atom. The molecule has 86 valence electrons. The number of nitrogens with two attached hydrogens (primary N) is 1. The summed E-state index contributed by atoms with van der Waals surface area (Å²) < 4.78 is 0. The predicted octanol–water partition coefficient (Wildman–Crippen LogP) is 1.66. The predicted molar refractivity (Wildman–Crippen MR) is 68.3 cm³/mol. The Hall–Kier alpha value is -1.42. The van der Waals surface area contributed by atoms with E-state index in [1.54, 1.807) is 6.07 Å². The molecule has 4 nitrogen and oxygen atoms in total. The van der Waals surface area contributed by atoms with Gasteiger partial charge in [0.25, 0.3) is 0 Å². The van der Waals surface area contributed by atoms with Crippen LogP contribution in [0.15, 0.2) is 17.1 Å². The number of halogens is 1. The number of rotatable bonds is 2. The van der Waals surface area contributed by atoms with E-state index >= 15 is 0 Å². The molecule has 16 heavy (non-hydrogen) atoms. The normalized spacial score (nSPS) is 14.5. The van der Waals surface area contributed by atoms with Crippen LogP contribution >= 0.6 is 11.6 Å². The van der Waals surface area contributed by atoms with Crippen LogP contribution in [0.5, 0.6) is 0 Å². The molecule has 1 fully saturated rings. The molecule has 0 bridgehead atoms. The van der Waals surface area contributed by atoms with E-state index in [-0.39, 0.29) is 0 Å². The van der Waals surface area contributed by atoms with Crippen molar-refractivity contribution >= 4 is 28.9 Å². The van der Waals surface area contributed by atoms with Crippen molar-refractivity contribution in [2.24, 2.45) is 4.99 Å². The van der Waals surface area contributed by atoms with Crippen LogP contribution in [0.4, 0.5) is 11.4 Å². The monoisotopic (exact) mass is 238 g/mol. The highest BCUT2D eigenvalue weighted by molar-refractivity contribution is 6.33. The first kappa shape index (κ1) is 11.1. The largest absolute Gasteiger partial charge is 0.397 e. The molecule has 1 heterocycles. The van der Waals surface area contributed by atoms with Gasteiger partial charge in [0, 0.05) is 13.1 Å². The van der Waals surface area contributed by atoms with E-state index < -0.39 is 0 Å². The second-order valence-electron chi connectivity index (χ2n) is 3.67. The minimum absolute atomic E-state index is 0.566. The zero-order valence-corrected chi connectivity index (χ0v) is 9.93. The van der Waals surface area contributed by atoms with E-state index in [2.05, 4.69) is 15.6 Å². The lowest BCUT2D eigenvalue weighted by molar-refractivity contribution is 0.942. The topological polar surface area (TPSA) is 62.4 Å². The molecule has 1 saturated heterocycles. The quantitative estimate of drug-likeness (QED) is 0.687. The number of hydrogen-bond acceptors (Lipinski definition) is 2. The van der Waals surface area contributed by atoms with Gasteiger partial charge in [0.1, 0.15) is 0 Å². The maximum absolute atomic E-state index is 6.05. The summed E-state index contributed by atoms with van der Waals surface area (Å²) in [5, 5.41) is 6.85. The highest BCUT2D eigenvalue weighted by Crippen LogP contribution is 2.29. The molecule has 0 saturated carbocycles. The van der Waals surface area contributed by atoms with Gasteiger partial charge in [-0.05, 0) is 24.1 Å². The number of guanidine groups is 1. The van der Waals surface area contributed by atoms with E-state index in [9.17, 15) is 0 Å². The van der Waals surface area contributed by atoms with Gasteiger partial charge in [-0.15, -0.1) is 0 Å². The van der Waals surface area contributed by atoms with Crippen molar-refractivity contribution in [3.8, 4) is 0 Å². The molecule has 0 unspecified atom stereocenters. The van der Waals surface area contributed by atoms with Crippen molar-refractivity contribution in [2.45, 2.75) is 13.3 Å². The number of aliphatic imine (C=N–C) groups is 1. The Bertz CT molecular complexity index is 420. The summed E-state index contributed by atoms with van der Waals surface area (Å²) in [7, 11) is 0. The van der Waals surface area contributed by atoms with Gasteiger partial charge < -0.3 is 16.4 Å². The van der Waals surface area contributed by atoms with Crippen LogP contribution in [0.25, 0.3) is 0 Å². The Morgan fingerprint density at radius 2 is 2.06 bits per heavy atom. The molecule has 0 atom stereocenters. The van der Waals surface area contributed by atoms with Crippen LogP contribution in [-0.2, 0) is 6.42 Å². The Kier molecular flexibility index (Phi) is 3.19. The molecule has 5 heteroatoms. The molecular formula is C11H15ClN4. The van der Waals surface area contributed by atoms with E-state index in [0.29, 0.717) is 10.7 Å². The molecule has 1 aromatic rings. The molecule has 1 aliphatic heterocycles. The average molecular weight is 239 g/mol. The van der Waals surface area contributed by atoms with Crippen LogP contribution in [-0.4, -0.2) is 19.0 Å². The number of nitrogens with zero attached hydrogens (tertiary/aromatic N) is 1. The third-order valence-electron chi connectivity index (χ3n) is 2.53. The number of aryl methyl sites for hydroxylation is 1. The fourth-order valence-corrected chi connectivity index (χ4v) is 1.88. The summed E-state index contributed by atoms with van der Waals surface area (Å²) in [6, 6.07) is 3.75. The van der Waals surface area contributed by atoms with Crippen molar-refractivity contribution < 1.29 is 0 Å². The van der Waals surface area contributed by atoms with E-state index in [4.69, 9.17) is 17.3 Å². The minimum Gasteiger partial charge on any atom is -0.397 e. The van der Waals surface area contributed by atoms with Gasteiger partial charge in [-0.2, -0.15) is 0 Å². The van der Waals surface area contributed by atoms with Gasteiger partial charge >= 0.3 is 0 Å². The highest BCUT2D eigenvalue weighted by atomic mass is 35.5. The van der Waals surface area contributed by atoms with Crippen LogP contribution in [0, 0.1) is 0 Å². The Labute approximate surface area is 99.9 Å². The summed E-state index contributed by atoms with van der Waals surface area (Å²) in [4.78, 5) is 4.42. The van der Waals surface area contributed by atoms with Crippen molar-refractivity contribution in [3.63, 3.8) is 0 Å². The van der Waals surface area contributed by atoms with Crippen molar-refractivity contribution in [1.29, 1.82) is 0 Å². The molecular weight excluding hydrogens is 224 g/mol. The van der Waals surface area contributed by atoms with Crippen LogP contribution < -0.4 is 16.4 Å². The zero-order valence-electron chi connectivity index (χ0n) is 9.18. The summed E-state index contributed by atoms with van der Waals surface area (Å²) >= 11 is 6.05. The molecule has 2 rings (SSSR count). The summed E-state index contributed by atoms with van der Waals surface area (Å²) in [5.74, 6) is 0.794. The SMILES string of the molecule is CCc1cc(N=C2NCCN2)cc(Cl)c1N. The van der Waals surface area contributed by atoms with Crippen LogP contribution in [0.1, 0.15) is 12.5 Å². The highest BCUT2D eigenvalue weighted by Gasteiger charge is 2.08. The molecule has 0 aromatic heterocycles. The Balaban J connectivity index is 2.34. The molecule has 0 amide bonds. The third-order valence-corrected chi connectivity index (χ3v) is 2.84. The van der Waals surface area contributed by atoms with Crippen molar-refractivity contribution in [3.05, 3.63) is 22.7 Å². The van der Waals surface area contributed by atoms with Crippen LogP contribution in [0.2, 0.25) is 5.02 Å². The molecule has 0 spiro atoms. The maximum atomic E-state index is 6.05. The number of hydrogen-bond donors (Lipinski definition) is 3. The first-order chi connectivity index (χ1) is 7.70. The maximum Gasteiger partial charge on any atom is 0.196 e. The average Bonchev–Trinajstić information content (AvgIpc) is 2.76. The lowest BCUT2D eigenvalue weighted by atomic mass is 10.1.